The van der Waals surface area contributed by atoms with Gasteiger partial charge in [-0.2, -0.15) is 0 Å². The molecule has 0 bridgehead atoms. The van der Waals surface area contributed by atoms with E-state index in [0.29, 0.717) is 5.75 Å². The number of amides is 2. The summed E-state index contributed by atoms with van der Waals surface area (Å²) < 4.78 is 20.2. The third-order valence-electron chi connectivity index (χ3n) is 4.47. The van der Waals surface area contributed by atoms with Crippen molar-refractivity contribution < 1.29 is 18.7 Å². The predicted octanol–water partition coefficient (Wildman–Crippen LogP) is 2.32. The summed E-state index contributed by atoms with van der Waals surface area (Å²) in [4.78, 5) is 23.5. The lowest BCUT2D eigenvalue weighted by molar-refractivity contribution is -0.127. The SMILES string of the molecule is CNC(=O)COc1cccc(CNC(=O)[C@]2(F)C[C@H]2c2ccccc2)c1. The van der Waals surface area contributed by atoms with Crippen molar-refractivity contribution in [3.05, 3.63) is 65.7 Å². The molecule has 1 fully saturated rings. The Labute approximate surface area is 151 Å². The van der Waals surface area contributed by atoms with Crippen LogP contribution in [0.4, 0.5) is 4.39 Å². The zero-order valence-electron chi connectivity index (χ0n) is 14.5. The lowest BCUT2D eigenvalue weighted by atomic mass is 10.1. The minimum atomic E-state index is -1.84. The molecular weight excluding hydrogens is 335 g/mol. The number of ether oxygens (including phenoxy) is 1. The fraction of sp³-hybridized carbons (Fsp3) is 0.300. The van der Waals surface area contributed by atoms with Crippen molar-refractivity contribution in [3.63, 3.8) is 0 Å². The molecule has 0 heterocycles. The van der Waals surface area contributed by atoms with E-state index in [-0.39, 0.29) is 31.4 Å². The van der Waals surface area contributed by atoms with Gasteiger partial charge in [0.15, 0.2) is 12.3 Å². The van der Waals surface area contributed by atoms with Crippen LogP contribution in [0.1, 0.15) is 23.5 Å². The molecule has 0 aromatic heterocycles. The van der Waals surface area contributed by atoms with E-state index < -0.39 is 11.6 Å². The number of nitrogens with one attached hydrogen (secondary N) is 2. The number of carbonyl (C=O) groups excluding carboxylic acids is 2. The van der Waals surface area contributed by atoms with Gasteiger partial charge in [-0.1, -0.05) is 42.5 Å². The zero-order chi connectivity index (χ0) is 18.6. The first kappa shape index (κ1) is 17.9. The van der Waals surface area contributed by atoms with Crippen molar-refractivity contribution in [3.8, 4) is 5.75 Å². The molecule has 2 atom stereocenters. The molecule has 0 radical (unpaired) electrons. The molecule has 2 amide bonds. The number of alkyl halides is 1. The fourth-order valence-corrected chi connectivity index (χ4v) is 2.85. The van der Waals surface area contributed by atoms with Crippen molar-refractivity contribution in [2.45, 2.75) is 24.6 Å². The lowest BCUT2D eigenvalue weighted by Gasteiger charge is -2.11. The Morgan fingerprint density at radius 3 is 2.69 bits per heavy atom. The van der Waals surface area contributed by atoms with Gasteiger partial charge in [-0.3, -0.25) is 9.59 Å². The van der Waals surface area contributed by atoms with Crippen LogP contribution in [0, 0.1) is 0 Å². The molecule has 5 nitrogen and oxygen atoms in total. The van der Waals surface area contributed by atoms with Gasteiger partial charge >= 0.3 is 0 Å². The lowest BCUT2D eigenvalue weighted by Crippen LogP contribution is -2.34. The van der Waals surface area contributed by atoms with Crippen molar-refractivity contribution in [1.29, 1.82) is 0 Å². The van der Waals surface area contributed by atoms with Crippen LogP contribution in [0.25, 0.3) is 0 Å². The zero-order valence-corrected chi connectivity index (χ0v) is 14.5. The summed E-state index contributed by atoms with van der Waals surface area (Å²) in [5.41, 5.74) is -0.225. The molecule has 0 spiro atoms. The molecule has 2 aromatic carbocycles. The highest BCUT2D eigenvalue weighted by atomic mass is 19.1. The van der Waals surface area contributed by atoms with E-state index in [2.05, 4.69) is 10.6 Å². The first-order chi connectivity index (χ1) is 12.5. The van der Waals surface area contributed by atoms with E-state index >= 15 is 0 Å². The van der Waals surface area contributed by atoms with E-state index in [1.807, 2.05) is 30.3 Å². The summed E-state index contributed by atoms with van der Waals surface area (Å²) in [5, 5.41) is 5.12. The smallest absolute Gasteiger partial charge is 0.258 e. The maximum atomic E-state index is 14.8. The average Bonchev–Trinajstić information content (AvgIpc) is 3.38. The van der Waals surface area contributed by atoms with Gasteiger partial charge in [0.2, 0.25) is 0 Å². The molecule has 1 aliphatic carbocycles. The Morgan fingerprint density at radius 1 is 1.19 bits per heavy atom. The molecule has 1 aliphatic rings. The molecule has 0 unspecified atom stereocenters. The van der Waals surface area contributed by atoms with Crippen molar-refractivity contribution >= 4 is 11.8 Å². The third-order valence-corrected chi connectivity index (χ3v) is 4.47. The number of halogens is 1. The highest BCUT2D eigenvalue weighted by Gasteiger charge is 2.61. The number of rotatable bonds is 7. The summed E-state index contributed by atoms with van der Waals surface area (Å²) in [7, 11) is 1.53. The largest absolute Gasteiger partial charge is 0.484 e. The van der Waals surface area contributed by atoms with Gasteiger partial charge in [0.05, 0.1) is 0 Å². The quantitative estimate of drug-likeness (QED) is 0.800. The van der Waals surface area contributed by atoms with E-state index in [1.54, 1.807) is 24.3 Å². The molecular formula is C20H21FN2O3. The van der Waals surface area contributed by atoms with Crippen molar-refractivity contribution in [2.75, 3.05) is 13.7 Å². The molecule has 0 saturated heterocycles. The summed E-state index contributed by atoms with van der Waals surface area (Å²) in [5.74, 6) is -0.693. The Kier molecular flexibility index (Phi) is 5.21. The predicted molar refractivity (Wildman–Crippen MR) is 95.5 cm³/mol. The van der Waals surface area contributed by atoms with Crippen LogP contribution in [-0.4, -0.2) is 31.1 Å². The van der Waals surface area contributed by atoms with Gasteiger partial charge in [-0.15, -0.1) is 0 Å². The minimum Gasteiger partial charge on any atom is -0.484 e. The van der Waals surface area contributed by atoms with Crippen LogP contribution in [0.2, 0.25) is 0 Å². The summed E-state index contributed by atoms with van der Waals surface area (Å²) in [6.07, 6.45) is 0.206. The second-order valence-corrected chi connectivity index (χ2v) is 6.32. The van der Waals surface area contributed by atoms with Gasteiger partial charge < -0.3 is 15.4 Å². The van der Waals surface area contributed by atoms with E-state index in [9.17, 15) is 14.0 Å². The number of carbonyl (C=O) groups is 2. The summed E-state index contributed by atoms with van der Waals surface area (Å²) in [6, 6.07) is 16.2. The van der Waals surface area contributed by atoms with Gasteiger partial charge in [-0.25, -0.2) is 4.39 Å². The number of hydrogen-bond acceptors (Lipinski definition) is 3. The molecule has 26 heavy (non-hydrogen) atoms. The maximum absolute atomic E-state index is 14.8. The molecule has 2 N–H and O–H groups in total. The molecule has 0 aliphatic heterocycles. The van der Waals surface area contributed by atoms with E-state index in [1.165, 1.54) is 7.05 Å². The molecule has 1 saturated carbocycles. The summed E-state index contributed by atoms with van der Waals surface area (Å²) in [6.45, 7) is 0.113. The molecule has 136 valence electrons. The standard InChI is InChI=1S/C20H21FN2O3/c1-22-18(24)13-26-16-9-5-6-14(10-16)12-23-19(25)20(21)11-17(20)15-7-3-2-4-8-15/h2-10,17H,11-13H2,1H3,(H,22,24)(H,23,25)/t17-,20-/m0/s1. The van der Waals surface area contributed by atoms with Gasteiger partial charge in [-0.05, 0) is 23.3 Å². The molecule has 2 aromatic rings. The Balaban J connectivity index is 1.54. The van der Waals surface area contributed by atoms with Crippen LogP contribution in [-0.2, 0) is 16.1 Å². The molecule has 6 heteroatoms. The maximum Gasteiger partial charge on any atom is 0.258 e. The van der Waals surface area contributed by atoms with Gasteiger partial charge in [0.25, 0.3) is 11.8 Å². The van der Waals surface area contributed by atoms with E-state index in [0.717, 1.165) is 11.1 Å². The molecule has 3 rings (SSSR count). The van der Waals surface area contributed by atoms with Crippen molar-refractivity contribution in [1.82, 2.24) is 10.6 Å². The minimum absolute atomic E-state index is 0.0847. The van der Waals surface area contributed by atoms with Crippen LogP contribution in [0.15, 0.2) is 54.6 Å². The van der Waals surface area contributed by atoms with Gasteiger partial charge in [0.1, 0.15) is 5.75 Å². The van der Waals surface area contributed by atoms with Crippen LogP contribution >= 0.6 is 0 Å². The normalized spacial score (nSPS) is 20.9. The average molecular weight is 356 g/mol. The van der Waals surface area contributed by atoms with Gasteiger partial charge in [0, 0.05) is 25.9 Å². The topological polar surface area (TPSA) is 67.4 Å². The monoisotopic (exact) mass is 356 g/mol. The Bertz CT molecular complexity index is 797. The fourth-order valence-electron chi connectivity index (χ4n) is 2.85. The van der Waals surface area contributed by atoms with E-state index in [4.69, 9.17) is 4.74 Å². The Morgan fingerprint density at radius 2 is 1.96 bits per heavy atom. The summed E-state index contributed by atoms with van der Waals surface area (Å²) >= 11 is 0. The number of likely N-dealkylation sites (N-methyl/N-ethyl adjacent to an activating group) is 1. The highest BCUT2D eigenvalue weighted by molar-refractivity contribution is 5.90. The first-order valence-electron chi connectivity index (χ1n) is 8.47. The first-order valence-corrected chi connectivity index (χ1v) is 8.47. The third kappa shape index (κ3) is 4.02. The highest BCUT2D eigenvalue weighted by Crippen LogP contribution is 2.54. The van der Waals surface area contributed by atoms with Crippen molar-refractivity contribution in [2.24, 2.45) is 0 Å². The van der Waals surface area contributed by atoms with Crippen LogP contribution in [0.5, 0.6) is 5.75 Å². The Hall–Kier alpha value is -2.89. The van der Waals surface area contributed by atoms with Crippen LogP contribution in [0.3, 0.4) is 0 Å². The second kappa shape index (κ2) is 7.56. The number of hydrogen-bond donors (Lipinski definition) is 2. The second-order valence-electron chi connectivity index (χ2n) is 6.32. The number of benzene rings is 2. The van der Waals surface area contributed by atoms with Crippen LogP contribution < -0.4 is 15.4 Å².